The Labute approximate surface area is 122 Å². The van der Waals surface area contributed by atoms with E-state index in [0.717, 1.165) is 4.47 Å². The van der Waals surface area contributed by atoms with Gasteiger partial charge < -0.3 is 0 Å². The van der Waals surface area contributed by atoms with Crippen molar-refractivity contribution in [1.29, 1.82) is 0 Å². The molecule has 0 fully saturated rings. The van der Waals surface area contributed by atoms with Crippen molar-refractivity contribution in [3.63, 3.8) is 0 Å². The van der Waals surface area contributed by atoms with E-state index in [1.165, 1.54) is 27.8 Å². The van der Waals surface area contributed by atoms with Crippen LogP contribution in [0.2, 0.25) is 0 Å². The molecule has 0 N–H and O–H groups in total. The van der Waals surface area contributed by atoms with Crippen molar-refractivity contribution in [3.8, 4) is 0 Å². The fourth-order valence-corrected chi connectivity index (χ4v) is 2.95. The molecule has 0 heterocycles. The lowest BCUT2D eigenvalue weighted by Crippen LogP contribution is -1.99. The molecule has 0 nitrogen and oxygen atoms in total. The standard InChI is InChI=1S/C16H16BrCl/c1-10-7-8-11(2)14(9-10)16(18)13-5-4-6-15(17)12(13)3/h4-9,16H,1-3H3. The first-order valence-electron chi connectivity index (χ1n) is 5.97. The van der Waals surface area contributed by atoms with Gasteiger partial charge in [-0.15, -0.1) is 11.6 Å². The molecule has 0 spiro atoms. The van der Waals surface area contributed by atoms with E-state index in [2.05, 4.69) is 61.0 Å². The van der Waals surface area contributed by atoms with Crippen LogP contribution in [0.25, 0.3) is 0 Å². The van der Waals surface area contributed by atoms with E-state index >= 15 is 0 Å². The van der Waals surface area contributed by atoms with Gasteiger partial charge >= 0.3 is 0 Å². The summed E-state index contributed by atoms with van der Waals surface area (Å²) >= 11 is 10.2. The van der Waals surface area contributed by atoms with Crippen LogP contribution >= 0.6 is 27.5 Å². The highest BCUT2D eigenvalue weighted by atomic mass is 79.9. The SMILES string of the molecule is Cc1ccc(C)c(C(Cl)c2cccc(Br)c2C)c1. The van der Waals surface area contributed by atoms with Gasteiger partial charge in [-0.25, -0.2) is 0 Å². The summed E-state index contributed by atoms with van der Waals surface area (Å²) in [4.78, 5) is 0. The maximum Gasteiger partial charge on any atom is 0.0841 e. The molecule has 2 rings (SSSR count). The summed E-state index contributed by atoms with van der Waals surface area (Å²) in [6.07, 6.45) is 0. The number of rotatable bonds is 2. The Kier molecular flexibility index (Phi) is 4.14. The Hall–Kier alpha value is -0.790. The van der Waals surface area contributed by atoms with Gasteiger partial charge in [-0.05, 0) is 49.1 Å². The summed E-state index contributed by atoms with van der Waals surface area (Å²) in [6, 6.07) is 12.6. The molecule has 0 aromatic heterocycles. The Morgan fingerprint density at radius 1 is 1.00 bits per heavy atom. The van der Waals surface area contributed by atoms with Gasteiger partial charge in [0.25, 0.3) is 0 Å². The number of alkyl halides is 1. The van der Waals surface area contributed by atoms with Crippen LogP contribution in [0.1, 0.15) is 33.2 Å². The van der Waals surface area contributed by atoms with Crippen molar-refractivity contribution < 1.29 is 0 Å². The highest BCUT2D eigenvalue weighted by molar-refractivity contribution is 9.10. The first-order valence-corrected chi connectivity index (χ1v) is 7.20. The number of hydrogen-bond acceptors (Lipinski definition) is 0. The van der Waals surface area contributed by atoms with Crippen LogP contribution in [0.3, 0.4) is 0 Å². The summed E-state index contributed by atoms with van der Waals surface area (Å²) < 4.78 is 1.11. The lowest BCUT2D eigenvalue weighted by Gasteiger charge is -2.17. The average molecular weight is 324 g/mol. The Morgan fingerprint density at radius 2 is 1.72 bits per heavy atom. The summed E-state index contributed by atoms with van der Waals surface area (Å²) in [6.45, 7) is 6.30. The van der Waals surface area contributed by atoms with Crippen LogP contribution in [0.15, 0.2) is 40.9 Å². The Morgan fingerprint density at radius 3 is 2.44 bits per heavy atom. The van der Waals surface area contributed by atoms with Crippen LogP contribution in [-0.2, 0) is 0 Å². The minimum Gasteiger partial charge on any atom is -0.113 e. The Balaban J connectivity index is 2.51. The molecule has 18 heavy (non-hydrogen) atoms. The van der Waals surface area contributed by atoms with Crippen LogP contribution in [0.4, 0.5) is 0 Å². The molecular weight excluding hydrogens is 308 g/mol. The normalized spacial score (nSPS) is 12.5. The maximum atomic E-state index is 6.67. The van der Waals surface area contributed by atoms with Gasteiger partial charge in [-0.2, -0.15) is 0 Å². The van der Waals surface area contributed by atoms with E-state index in [1.54, 1.807) is 0 Å². The maximum absolute atomic E-state index is 6.67. The lowest BCUT2D eigenvalue weighted by molar-refractivity contribution is 1.08. The summed E-state index contributed by atoms with van der Waals surface area (Å²) in [5.41, 5.74) is 6.05. The zero-order chi connectivity index (χ0) is 13.3. The smallest absolute Gasteiger partial charge is 0.0841 e. The van der Waals surface area contributed by atoms with Gasteiger partial charge in [0.1, 0.15) is 0 Å². The van der Waals surface area contributed by atoms with Gasteiger partial charge in [0, 0.05) is 4.47 Å². The zero-order valence-corrected chi connectivity index (χ0v) is 13.1. The Bertz CT molecular complexity index is 573. The van der Waals surface area contributed by atoms with Crippen molar-refractivity contribution in [2.75, 3.05) is 0 Å². The zero-order valence-electron chi connectivity index (χ0n) is 10.8. The highest BCUT2D eigenvalue weighted by Gasteiger charge is 2.16. The van der Waals surface area contributed by atoms with E-state index in [1.807, 2.05) is 12.1 Å². The number of halogens is 2. The third-order valence-corrected chi connectivity index (χ3v) is 4.62. The number of benzene rings is 2. The first kappa shape index (κ1) is 13.6. The summed E-state index contributed by atoms with van der Waals surface area (Å²) in [7, 11) is 0. The molecule has 0 aliphatic rings. The molecule has 0 bridgehead atoms. The topological polar surface area (TPSA) is 0 Å². The molecule has 1 unspecified atom stereocenters. The van der Waals surface area contributed by atoms with Gasteiger partial charge in [0.05, 0.1) is 5.38 Å². The molecule has 0 aliphatic heterocycles. The van der Waals surface area contributed by atoms with Gasteiger partial charge in [-0.1, -0.05) is 51.8 Å². The molecule has 94 valence electrons. The molecule has 2 aromatic rings. The second-order valence-corrected chi connectivity index (χ2v) is 5.97. The monoisotopic (exact) mass is 322 g/mol. The van der Waals surface area contributed by atoms with Crippen LogP contribution in [-0.4, -0.2) is 0 Å². The van der Waals surface area contributed by atoms with Gasteiger partial charge in [0.2, 0.25) is 0 Å². The largest absolute Gasteiger partial charge is 0.113 e. The third kappa shape index (κ3) is 2.62. The number of aryl methyl sites for hydroxylation is 2. The second kappa shape index (κ2) is 5.46. The van der Waals surface area contributed by atoms with Crippen molar-refractivity contribution in [1.82, 2.24) is 0 Å². The van der Waals surface area contributed by atoms with Gasteiger partial charge in [0.15, 0.2) is 0 Å². The molecule has 0 radical (unpaired) electrons. The first-order chi connectivity index (χ1) is 8.50. The highest BCUT2D eigenvalue weighted by Crippen LogP contribution is 2.35. The average Bonchev–Trinajstić information content (AvgIpc) is 2.35. The van der Waals surface area contributed by atoms with Crippen molar-refractivity contribution in [2.24, 2.45) is 0 Å². The summed E-state index contributed by atoms with van der Waals surface area (Å²) in [5.74, 6) is 0. The molecule has 1 atom stereocenters. The van der Waals surface area contributed by atoms with Crippen molar-refractivity contribution in [2.45, 2.75) is 26.1 Å². The van der Waals surface area contributed by atoms with Crippen LogP contribution < -0.4 is 0 Å². The van der Waals surface area contributed by atoms with Crippen LogP contribution in [0, 0.1) is 20.8 Å². The lowest BCUT2D eigenvalue weighted by atomic mass is 9.95. The van der Waals surface area contributed by atoms with Crippen molar-refractivity contribution >= 4 is 27.5 Å². The minimum atomic E-state index is -0.0950. The predicted octanol–water partition coefficient (Wildman–Crippen LogP) is 5.70. The number of hydrogen-bond donors (Lipinski definition) is 0. The second-order valence-electron chi connectivity index (χ2n) is 4.68. The fourth-order valence-electron chi connectivity index (χ4n) is 2.10. The predicted molar refractivity (Wildman–Crippen MR) is 82.5 cm³/mol. The molecule has 0 saturated heterocycles. The summed E-state index contributed by atoms with van der Waals surface area (Å²) in [5, 5.41) is -0.0950. The van der Waals surface area contributed by atoms with E-state index in [4.69, 9.17) is 11.6 Å². The third-order valence-electron chi connectivity index (χ3n) is 3.29. The van der Waals surface area contributed by atoms with Crippen LogP contribution in [0.5, 0.6) is 0 Å². The molecular formula is C16H16BrCl. The van der Waals surface area contributed by atoms with E-state index in [-0.39, 0.29) is 5.38 Å². The fraction of sp³-hybridized carbons (Fsp3) is 0.250. The van der Waals surface area contributed by atoms with E-state index in [9.17, 15) is 0 Å². The molecule has 2 aromatic carbocycles. The molecule has 0 saturated carbocycles. The van der Waals surface area contributed by atoms with Gasteiger partial charge in [-0.3, -0.25) is 0 Å². The van der Waals surface area contributed by atoms with E-state index in [0.29, 0.717) is 0 Å². The van der Waals surface area contributed by atoms with E-state index < -0.39 is 0 Å². The molecule has 0 amide bonds. The molecule has 2 heteroatoms. The molecule has 0 aliphatic carbocycles. The minimum absolute atomic E-state index is 0.0950. The van der Waals surface area contributed by atoms with Crippen molar-refractivity contribution in [3.05, 3.63) is 68.7 Å². The quantitative estimate of drug-likeness (QED) is 0.622.